The molecule has 0 aromatic carbocycles. The summed E-state index contributed by atoms with van der Waals surface area (Å²) in [6.45, 7) is 2.74. The van der Waals surface area contributed by atoms with Crippen LogP contribution in [0, 0.1) is 5.92 Å². The summed E-state index contributed by atoms with van der Waals surface area (Å²) >= 11 is 0. The first kappa shape index (κ1) is 16.2. The standard InChI is InChI=1S/C11H22N2O3S.ClH/c1-12-7-11-3-2-5-13(11)17(14,15)9-10-4-6-16-8-10;/h10-12H,2-9H2,1H3;1H. The van der Waals surface area contributed by atoms with E-state index in [1.165, 1.54) is 0 Å². The molecule has 2 rings (SSSR count). The average Bonchev–Trinajstić information content (AvgIpc) is 2.88. The molecule has 1 N–H and O–H groups in total. The van der Waals surface area contributed by atoms with E-state index in [9.17, 15) is 8.42 Å². The first-order valence-electron chi connectivity index (χ1n) is 6.35. The molecular formula is C11H23ClN2O3S. The first-order valence-corrected chi connectivity index (χ1v) is 7.96. The van der Waals surface area contributed by atoms with Crippen LogP contribution in [0.3, 0.4) is 0 Å². The van der Waals surface area contributed by atoms with Gasteiger partial charge in [0.1, 0.15) is 0 Å². The monoisotopic (exact) mass is 298 g/mol. The van der Waals surface area contributed by atoms with Crippen molar-refractivity contribution in [1.82, 2.24) is 9.62 Å². The van der Waals surface area contributed by atoms with Crippen molar-refractivity contribution in [2.75, 3.05) is 39.1 Å². The van der Waals surface area contributed by atoms with Crippen molar-refractivity contribution >= 4 is 22.4 Å². The lowest BCUT2D eigenvalue weighted by Crippen LogP contribution is -2.43. The zero-order valence-corrected chi connectivity index (χ0v) is 12.4. The number of sulfonamides is 1. The smallest absolute Gasteiger partial charge is 0.214 e. The van der Waals surface area contributed by atoms with Gasteiger partial charge in [0, 0.05) is 25.7 Å². The lowest BCUT2D eigenvalue weighted by Gasteiger charge is -2.25. The predicted molar refractivity (Wildman–Crippen MR) is 73.6 cm³/mol. The Balaban J connectivity index is 0.00000162. The second-order valence-corrected chi connectivity index (χ2v) is 6.94. The number of halogens is 1. The zero-order valence-electron chi connectivity index (χ0n) is 10.8. The summed E-state index contributed by atoms with van der Waals surface area (Å²) in [6, 6.07) is 0.146. The Hall–Kier alpha value is 0.120. The van der Waals surface area contributed by atoms with Crippen molar-refractivity contribution < 1.29 is 13.2 Å². The van der Waals surface area contributed by atoms with Crippen LogP contribution in [0.25, 0.3) is 0 Å². The molecule has 0 bridgehead atoms. The third-order valence-electron chi connectivity index (χ3n) is 3.59. The van der Waals surface area contributed by atoms with Crippen LogP contribution in [0.1, 0.15) is 19.3 Å². The fraction of sp³-hybridized carbons (Fsp3) is 1.00. The molecule has 0 aromatic rings. The maximum atomic E-state index is 12.3. The number of ether oxygens (including phenoxy) is 1. The molecule has 0 aliphatic carbocycles. The largest absolute Gasteiger partial charge is 0.381 e. The Bertz CT molecular complexity index is 344. The number of hydrogen-bond donors (Lipinski definition) is 1. The summed E-state index contributed by atoms with van der Waals surface area (Å²) in [7, 11) is -1.23. The first-order chi connectivity index (χ1) is 8.13. The van der Waals surface area contributed by atoms with Gasteiger partial charge in [-0.1, -0.05) is 0 Å². The third-order valence-corrected chi connectivity index (χ3v) is 5.68. The average molecular weight is 299 g/mol. The summed E-state index contributed by atoms with van der Waals surface area (Å²) in [5.41, 5.74) is 0. The van der Waals surface area contributed by atoms with Gasteiger partial charge in [0.25, 0.3) is 0 Å². The van der Waals surface area contributed by atoms with Gasteiger partial charge in [-0.25, -0.2) is 8.42 Å². The van der Waals surface area contributed by atoms with Crippen molar-refractivity contribution in [3.05, 3.63) is 0 Å². The zero-order chi connectivity index (χ0) is 12.3. The molecule has 2 unspecified atom stereocenters. The van der Waals surface area contributed by atoms with Crippen LogP contribution in [-0.2, 0) is 14.8 Å². The van der Waals surface area contributed by atoms with Gasteiger partial charge in [0.15, 0.2) is 0 Å². The molecule has 0 spiro atoms. The molecule has 7 heteroatoms. The van der Waals surface area contributed by atoms with Crippen molar-refractivity contribution in [2.24, 2.45) is 5.92 Å². The minimum Gasteiger partial charge on any atom is -0.381 e. The van der Waals surface area contributed by atoms with Crippen molar-refractivity contribution in [3.63, 3.8) is 0 Å². The van der Waals surface area contributed by atoms with Gasteiger partial charge in [0.05, 0.1) is 12.4 Å². The van der Waals surface area contributed by atoms with Crippen molar-refractivity contribution in [2.45, 2.75) is 25.3 Å². The predicted octanol–water partition coefficient (Wildman–Crippen LogP) is 0.458. The second kappa shape index (κ2) is 7.05. The van der Waals surface area contributed by atoms with E-state index in [0.29, 0.717) is 19.8 Å². The summed E-state index contributed by atoms with van der Waals surface area (Å²) < 4.78 is 31.6. The van der Waals surface area contributed by atoms with Crippen LogP contribution in [0.2, 0.25) is 0 Å². The summed E-state index contributed by atoms with van der Waals surface area (Å²) in [6.07, 6.45) is 2.83. The lowest BCUT2D eigenvalue weighted by molar-refractivity contribution is 0.188. The number of hydrogen-bond acceptors (Lipinski definition) is 4. The van der Waals surface area contributed by atoms with Gasteiger partial charge >= 0.3 is 0 Å². The van der Waals surface area contributed by atoms with Gasteiger partial charge in [-0.15, -0.1) is 12.4 Å². The normalized spacial score (nSPS) is 29.4. The van der Waals surface area contributed by atoms with E-state index in [0.717, 1.165) is 25.8 Å². The Morgan fingerprint density at radius 2 is 2.17 bits per heavy atom. The summed E-state index contributed by atoms with van der Waals surface area (Å²) in [5.74, 6) is 0.448. The Morgan fingerprint density at radius 3 is 2.78 bits per heavy atom. The fourth-order valence-electron chi connectivity index (χ4n) is 2.72. The molecule has 2 aliphatic rings. The second-order valence-electron chi connectivity index (χ2n) is 4.97. The highest BCUT2D eigenvalue weighted by Gasteiger charge is 2.35. The molecule has 2 heterocycles. The van der Waals surface area contributed by atoms with Crippen LogP contribution < -0.4 is 5.32 Å². The van der Waals surface area contributed by atoms with Gasteiger partial charge < -0.3 is 10.1 Å². The number of nitrogens with zero attached hydrogens (tertiary/aromatic N) is 1. The van der Waals surface area contributed by atoms with Crippen LogP contribution in [0.15, 0.2) is 0 Å². The molecule has 108 valence electrons. The van der Waals surface area contributed by atoms with Crippen molar-refractivity contribution in [3.8, 4) is 0 Å². The molecule has 0 aromatic heterocycles. The van der Waals surface area contributed by atoms with Gasteiger partial charge in [-0.05, 0) is 32.2 Å². The Morgan fingerprint density at radius 1 is 1.39 bits per heavy atom. The van der Waals surface area contributed by atoms with Crippen LogP contribution >= 0.6 is 12.4 Å². The van der Waals surface area contributed by atoms with Crippen LogP contribution in [0.4, 0.5) is 0 Å². The lowest BCUT2D eigenvalue weighted by atomic mass is 10.2. The van der Waals surface area contributed by atoms with Gasteiger partial charge in [0.2, 0.25) is 10.0 Å². The van der Waals surface area contributed by atoms with E-state index in [4.69, 9.17) is 4.74 Å². The van der Waals surface area contributed by atoms with E-state index < -0.39 is 10.0 Å². The molecule has 0 radical (unpaired) electrons. The highest BCUT2D eigenvalue weighted by atomic mass is 35.5. The van der Waals surface area contributed by atoms with Crippen molar-refractivity contribution in [1.29, 1.82) is 0 Å². The molecule has 0 amide bonds. The summed E-state index contributed by atoms with van der Waals surface area (Å²) in [4.78, 5) is 0. The molecule has 2 aliphatic heterocycles. The quantitative estimate of drug-likeness (QED) is 0.801. The number of rotatable bonds is 5. The Labute approximate surface area is 116 Å². The molecule has 18 heavy (non-hydrogen) atoms. The van der Waals surface area contributed by atoms with E-state index in [-0.39, 0.29) is 30.1 Å². The van der Waals surface area contributed by atoms with E-state index in [2.05, 4.69) is 5.32 Å². The molecule has 2 atom stereocenters. The topological polar surface area (TPSA) is 58.6 Å². The van der Waals surface area contributed by atoms with E-state index >= 15 is 0 Å². The molecule has 2 saturated heterocycles. The molecule has 5 nitrogen and oxygen atoms in total. The SMILES string of the molecule is CNCC1CCCN1S(=O)(=O)CC1CCOC1.Cl. The Kier molecular flexibility index (Phi) is 6.34. The molecular weight excluding hydrogens is 276 g/mol. The molecule has 2 fully saturated rings. The third kappa shape index (κ3) is 3.81. The minimum atomic E-state index is -3.10. The highest BCUT2D eigenvalue weighted by molar-refractivity contribution is 7.89. The number of nitrogens with one attached hydrogen (secondary N) is 1. The highest BCUT2D eigenvalue weighted by Crippen LogP contribution is 2.24. The minimum absolute atomic E-state index is 0. The van der Waals surface area contributed by atoms with Crippen LogP contribution in [0.5, 0.6) is 0 Å². The van der Waals surface area contributed by atoms with Crippen LogP contribution in [-0.4, -0.2) is 57.9 Å². The van der Waals surface area contributed by atoms with Gasteiger partial charge in [-0.3, -0.25) is 0 Å². The fourth-order valence-corrected chi connectivity index (χ4v) is 4.81. The molecule has 0 saturated carbocycles. The van der Waals surface area contributed by atoms with Gasteiger partial charge in [-0.2, -0.15) is 4.31 Å². The maximum Gasteiger partial charge on any atom is 0.214 e. The summed E-state index contributed by atoms with van der Waals surface area (Å²) in [5, 5.41) is 3.07. The van der Waals surface area contributed by atoms with E-state index in [1.807, 2.05) is 7.05 Å². The maximum absolute atomic E-state index is 12.3. The van der Waals surface area contributed by atoms with E-state index in [1.54, 1.807) is 4.31 Å². The number of likely N-dealkylation sites (N-methyl/N-ethyl adjacent to an activating group) is 1.